The van der Waals surface area contributed by atoms with Gasteiger partial charge in [0, 0.05) is 5.41 Å². The Bertz CT molecular complexity index is 390. The van der Waals surface area contributed by atoms with Crippen LogP contribution in [-0.4, -0.2) is 31.1 Å². The second-order valence-corrected chi connectivity index (χ2v) is 5.25. The molecular formula is C12H17ClN2O2. The van der Waals surface area contributed by atoms with E-state index in [4.69, 9.17) is 10.00 Å². The van der Waals surface area contributed by atoms with Gasteiger partial charge in [-0.2, -0.15) is 5.26 Å². The SMILES string of the molecule is CC1(C)CC2(C=C(C#N)C1=O)C[NH2+]CCO2.[Cl-]. The van der Waals surface area contributed by atoms with Crippen LogP contribution in [0.5, 0.6) is 0 Å². The Labute approximate surface area is 107 Å². The highest BCUT2D eigenvalue weighted by Crippen LogP contribution is 2.39. The zero-order valence-electron chi connectivity index (χ0n) is 10.1. The lowest BCUT2D eigenvalue weighted by molar-refractivity contribution is -0.683. The Morgan fingerprint density at radius 2 is 2.24 bits per heavy atom. The van der Waals surface area contributed by atoms with Crippen LogP contribution < -0.4 is 17.7 Å². The van der Waals surface area contributed by atoms with Crippen molar-refractivity contribution in [2.24, 2.45) is 5.41 Å². The van der Waals surface area contributed by atoms with Crippen LogP contribution in [0.4, 0.5) is 0 Å². The molecule has 1 aliphatic heterocycles. The first-order valence-electron chi connectivity index (χ1n) is 5.63. The molecule has 1 aliphatic carbocycles. The number of rotatable bonds is 0. The van der Waals surface area contributed by atoms with Crippen LogP contribution in [-0.2, 0) is 9.53 Å². The van der Waals surface area contributed by atoms with Crippen molar-refractivity contribution in [2.45, 2.75) is 25.9 Å². The molecule has 4 nitrogen and oxygen atoms in total. The van der Waals surface area contributed by atoms with E-state index >= 15 is 0 Å². The van der Waals surface area contributed by atoms with Crippen LogP contribution in [0.3, 0.4) is 0 Å². The highest BCUT2D eigenvalue weighted by Gasteiger charge is 2.47. The third-order valence-electron chi connectivity index (χ3n) is 3.33. The molecule has 1 spiro atoms. The van der Waals surface area contributed by atoms with Crippen molar-refractivity contribution in [1.82, 2.24) is 0 Å². The summed E-state index contributed by atoms with van der Waals surface area (Å²) in [5.74, 6) is -0.0604. The second kappa shape index (κ2) is 4.77. The number of nitrogens with two attached hydrogens (primary N) is 1. The van der Waals surface area contributed by atoms with Crippen molar-refractivity contribution in [2.75, 3.05) is 19.7 Å². The molecule has 1 fully saturated rings. The fraction of sp³-hybridized carbons (Fsp3) is 0.667. The zero-order valence-corrected chi connectivity index (χ0v) is 10.9. The van der Waals surface area contributed by atoms with Crippen LogP contribution >= 0.6 is 0 Å². The molecule has 2 aliphatic rings. The molecule has 94 valence electrons. The quantitative estimate of drug-likeness (QED) is 0.496. The Hall–Kier alpha value is -0.890. The summed E-state index contributed by atoms with van der Waals surface area (Å²) < 4.78 is 5.81. The number of hydrogen-bond donors (Lipinski definition) is 1. The molecule has 0 saturated carbocycles. The molecule has 2 rings (SSSR count). The fourth-order valence-corrected chi connectivity index (χ4v) is 2.63. The van der Waals surface area contributed by atoms with Gasteiger partial charge >= 0.3 is 0 Å². The van der Waals surface area contributed by atoms with Crippen LogP contribution in [0.25, 0.3) is 0 Å². The van der Waals surface area contributed by atoms with Crippen molar-refractivity contribution in [3.8, 4) is 6.07 Å². The topological polar surface area (TPSA) is 66.7 Å². The Morgan fingerprint density at radius 3 is 2.76 bits per heavy atom. The van der Waals surface area contributed by atoms with E-state index in [0.717, 1.165) is 13.1 Å². The lowest BCUT2D eigenvalue weighted by atomic mass is 9.69. The first-order chi connectivity index (χ1) is 7.49. The summed E-state index contributed by atoms with van der Waals surface area (Å²) in [6.45, 7) is 6.21. The largest absolute Gasteiger partial charge is 1.00 e. The van der Waals surface area contributed by atoms with Gasteiger partial charge in [0.05, 0.1) is 18.7 Å². The molecule has 1 heterocycles. The minimum absolute atomic E-state index is 0. The van der Waals surface area contributed by atoms with E-state index in [-0.39, 0.29) is 23.8 Å². The number of allylic oxidation sites excluding steroid dienone is 1. The number of Topliss-reactive ketones (excluding diaryl/α,β-unsaturated/α-hetero) is 1. The Balaban J connectivity index is 0.00000144. The molecule has 0 bridgehead atoms. The predicted molar refractivity (Wildman–Crippen MR) is 57.4 cm³/mol. The smallest absolute Gasteiger partial charge is 0.178 e. The Morgan fingerprint density at radius 1 is 1.53 bits per heavy atom. The van der Waals surface area contributed by atoms with Crippen molar-refractivity contribution in [3.05, 3.63) is 11.6 Å². The van der Waals surface area contributed by atoms with Gasteiger partial charge in [-0.25, -0.2) is 0 Å². The van der Waals surface area contributed by atoms with Gasteiger partial charge in [0.2, 0.25) is 0 Å². The van der Waals surface area contributed by atoms with Crippen LogP contribution in [0, 0.1) is 16.7 Å². The number of nitrogens with zero attached hydrogens (tertiary/aromatic N) is 1. The minimum atomic E-state index is -0.495. The zero-order chi connectivity index (χ0) is 11.8. The predicted octanol–water partition coefficient (Wildman–Crippen LogP) is -3.23. The summed E-state index contributed by atoms with van der Waals surface area (Å²) in [5, 5.41) is 11.2. The van der Waals surface area contributed by atoms with Gasteiger partial charge in [0.1, 0.15) is 18.2 Å². The summed E-state index contributed by atoms with van der Waals surface area (Å²) in [6, 6.07) is 2.00. The molecule has 5 heteroatoms. The van der Waals surface area contributed by atoms with Gasteiger partial charge in [-0.1, -0.05) is 13.8 Å². The first-order valence-corrected chi connectivity index (χ1v) is 5.63. The Kier molecular flexibility index (Phi) is 3.98. The number of ketones is 1. The molecule has 17 heavy (non-hydrogen) atoms. The van der Waals surface area contributed by atoms with E-state index < -0.39 is 11.0 Å². The van der Waals surface area contributed by atoms with Crippen molar-refractivity contribution in [1.29, 1.82) is 5.26 Å². The van der Waals surface area contributed by atoms with E-state index in [1.54, 1.807) is 6.08 Å². The van der Waals surface area contributed by atoms with E-state index in [1.165, 1.54) is 0 Å². The van der Waals surface area contributed by atoms with E-state index in [2.05, 4.69) is 5.32 Å². The van der Waals surface area contributed by atoms with Crippen molar-refractivity contribution >= 4 is 5.78 Å². The monoisotopic (exact) mass is 256 g/mol. The van der Waals surface area contributed by atoms with Crippen LogP contribution in [0.15, 0.2) is 11.6 Å². The number of quaternary nitrogens is 1. The number of halogens is 1. The number of ether oxygens (including phenoxy) is 1. The first kappa shape index (κ1) is 14.2. The van der Waals surface area contributed by atoms with Gasteiger partial charge in [0.25, 0.3) is 0 Å². The second-order valence-electron chi connectivity index (χ2n) is 5.25. The summed E-state index contributed by atoms with van der Waals surface area (Å²) >= 11 is 0. The highest BCUT2D eigenvalue weighted by atomic mass is 35.5. The third kappa shape index (κ3) is 2.52. The fourth-order valence-electron chi connectivity index (χ4n) is 2.63. The van der Waals surface area contributed by atoms with Crippen LogP contribution in [0.2, 0.25) is 0 Å². The maximum absolute atomic E-state index is 11.9. The van der Waals surface area contributed by atoms with Crippen LogP contribution in [0.1, 0.15) is 20.3 Å². The molecule has 0 aromatic heterocycles. The van der Waals surface area contributed by atoms with Crippen molar-refractivity contribution < 1.29 is 27.3 Å². The molecule has 0 aromatic carbocycles. The summed E-state index contributed by atoms with van der Waals surface area (Å²) in [6.07, 6.45) is 2.40. The average Bonchev–Trinajstić information content (AvgIpc) is 2.24. The minimum Gasteiger partial charge on any atom is -1.00 e. The summed E-state index contributed by atoms with van der Waals surface area (Å²) in [5.41, 5.74) is -0.655. The lowest BCUT2D eigenvalue weighted by Gasteiger charge is -2.41. The molecule has 0 aromatic rings. The highest BCUT2D eigenvalue weighted by molar-refractivity contribution is 6.03. The standard InChI is InChI=1S/C12H16N2O2.ClH/c1-11(2)7-12(8-14-3-4-16-12)5-9(6-13)10(11)15;/h5,14H,3-4,7-8H2,1-2H3;1H. The molecular weight excluding hydrogens is 240 g/mol. The number of carbonyl (C=O) groups excluding carboxylic acids is 1. The lowest BCUT2D eigenvalue weighted by Crippen LogP contribution is -3.00. The molecule has 0 amide bonds. The summed E-state index contributed by atoms with van der Waals surface area (Å²) in [7, 11) is 0. The number of nitriles is 1. The number of carbonyl (C=O) groups is 1. The van der Waals surface area contributed by atoms with E-state index in [9.17, 15) is 4.79 Å². The summed E-state index contributed by atoms with van der Waals surface area (Å²) in [4.78, 5) is 11.9. The third-order valence-corrected chi connectivity index (χ3v) is 3.33. The average molecular weight is 257 g/mol. The van der Waals surface area contributed by atoms with E-state index in [1.807, 2.05) is 19.9 Å². The number of morpholine rings is 1. The normalized spacial score (nSPS) is 31.4. The molecule has 2 N–H and O–H groups in total. The molecule has 0 radical (unpaired) electrons. The maximum Gasteiger partial charge on any atom is 0.178 e. The molecule has 1 atom stereocenters. The van der Waals surface area contributed by atoms with Gasteiger partial charge in [0.15, 0.2) is 5.78 Å². The number of hydrogen-bond acceptors (Lipinski definition) is 3. The van der Waals surface area contributed by atoms with Gasteiger partial charge in [-0.3, -0.25) is 4.79 Å². The molecule has 1 unspecified atom stereocenters. The van der Waals surface area contributed by atoms with Gasteiger partial charge < -0.3 is 22.5 Å². The van der Waals surface area contributed by atoms with Crippen molar-refractivity contribution in [3.63, 3.8) is 0 Å². The van der Waals surface area contributed by atoms with E-state index in [0.29, 0.717) is 13.0 Å². The maximum atomic E-state index is 11.9. The van der Waals surface area contributed by atoms with Gasteiger partial charge in [-0.05, 0) is 12.5 Å². The molecule has 1 saturated heterocycles. The van der Waals surface area contributed by atoms with Gasteiger partial charge in [-0.15, -0.1) is 0 Å².